The Balaban J connectivity index is 1.60. The second kappa shape index (κ2) is 13.6. The summed E-state index contributed by atoms with van der Waals surface area (Å²) in [6.45, 7) is 15.2. The molecule has 5 atom stereocenters. The van der Waals surface area contributed by atoms with E-state index < -0.39 is 38.2 Å². The van der Waals surface area contributed by atoms with Gasteiger partial charge in [-0.1, -0.05) is 71.0 Å². The number of nitrogens with two attached hydrogens (primary N) is 1. The van der Waals surface area contributed by atoms with Crippen LogP contribution in [0.25, 0.3) is 21.9 Å². The molecule has 0 radical (unpaired) electrons. The van der Waals surface area contributed by atoms with Crippen LogP contribution >= 0.6 is 7.75 Å². The maximum Gasteiger partial charge on any atom is 0.459 e. The van der Waals surface area contributed by atoms with Gasteiger partial charge in [-0.05, 0) is 43.6 Å². The summed E-state index contributed by atoms with van der Waals surface area (Å²) in [7, 11) is -4.21. The lowest BCUT2D eigenvalue weighted by molar-refractivity contribution is -0.148. The van der Waals surface area contributed by atoms with Gasteiger partial charge in [0.25, 0.3) is 0 Å². The topological polar surface area (TPSA) is 153 Å². The number of nitrogen functional groups attached to an aromatic ring is 1. The summed E-state index contributed by atoms with van der Waals surface area (Å²) in [6.07, 6.45) is 1.11. The Morgan fingerprint density at radius 1 is 1.02 bits per heavy atom. The molecule has 44 heavy (non-hydrogen) atoms. The van der Waals surface area contributed by atoms with Crippen LogP contribution in [0.4, 0.5) is 5.82 Å². The van der Waals surface area contributed by atoms with Gasteiger partial charge in [-0.15, -0.1) is 0 Å². The van der Waals surface area contributed by atoms with E-state index in [0.717, 1.165) is 10.8 Å². The Morgan fingerprint density at radius 3 is 2.43 bits per heavy atom. The number of benzene rings is 2. The fourth-order valence-electron chi connectivity index (χ4n) is 4.70. The molecule has 0 bridgehead atoms. The third-order valence-electron chi connectivity index (χ3n) is 6.88. The molecule has 12 nitrogen and oxygen atoms in total. The van der Waals surface area contributed by atoms with Crippen LogP contribution < -0.4 is 15.3 Å². The van der Waals surface area contributed by atoms with Crippen LogP contribution in [0.5, 0.6) is 5.75 Å². The van der Waals surface area contributed by atoms with Crippen LogP contribution in [-0.4, -0.2) is 50.3 Å². The molecule has 2 aromatic heterocycles. The first-order valence-electron chi connectivity index (χ1n) is 14.7. The maximum atomic E-state index is 14.5. The van der Waals surface area contributed by atoms with Crippen molar-refractivity contribution in [2.75, 3.05) is 12.3 Å². The van der Waals surface area contributed by atoms with Crippen LogP contribution in [-0.2, 0) is 23.4 Å². The summed E-state index contributed by atoms with van der Waals surface area (Å²) in [5, 5.41) is 4.46. The molecule has 4 aromatic rings. The lowest BCUT2D eigenvalue weighted by Gasteiger charge is -2.33. The smallest absolute Gasteiger partial charge is 0.459 e. The molecule has 0 saturated heterocycles. The molecule has 0 aliphatic rings. The number of fused-ring (bicyclic) bond motifs is 2. The summed E-state index contributed by atoms with van der Waals surface area (Å²) >= 11 is 0. The number of hydrogen-bond donors (Lipinski definition) is 2. The number of esters is 1. The molecule has 4 unspecified atom stereocenters. The van der Waals surface area contributed by atoms with Gasteiger partial charge in [-0.3, -0.25) is 13.9 Å². The highest BCUT2D eigenvalue weighted by atomic mass is 31.2. The Kier molecular flexibility index (Phi) is 10.3. The number of aromatic nitrogens is 4. The summed E-state index contributed by atoms with van der Waals surface area (Å²) in [6, 6.07) is 12.0. The predicted octanol–water partition coefficient (Wildman–Crippen LogP) is 6.28. The quantitative estimate of drug-likeness (QED) is 0.127. The van der Waals surface area contributed by atoms with Crippen molar-refractivity contribution in [1.82, 2.24) is 24.6 Å². The summed E-state index contributed by atoms with van der Waals surface area (Å²) < 4.78 is 40.6. The second-order valence-corrected chi connectivity index (χ2v) is 14.1. The van der Waals surface area contributed by atoms with Crippen molar-refractivity contribution < 1.29 is 27.9 Å². The highest BCUT2D eigenvalue weighted by Gasteiger charge is 2.38. The predicted molar refractivity (Wildman–Crippen MR) is 170 cm³/mol. The molecule has 2 aromatic carbocycles. The van der Waals surface area contributed by atoms with E-state index in [-0.39, 0.29) is 23.8 Å². The molecule has 0 saturated carbocycles. The lowest BCUT2D eigenvalue weighted by atomic mass is 9.99. The van der Waals surface area contributed by atoms with Gasteiger partial charge in [0.05, 0.1) is 25.1 Å². The van der Waals surface area contributed by atoms with Crippen molar-refractivity contribution in [3.63, 3.8) is 0 Å². The van der Waals surface area contributed by atoms with Gasteiger partial charge in [-0.2, -0.15) is 5.09 Å². The van der Waals surface area contributed by atoms with Crippen LogP contribution in [0, 0.1) is 11.3 Å². The summed E-state index contributed by atoms with van der Waals surface area (Å²) in [5.74, 6) is -0.0247. The van der Waals surface area contributed by atoms with Crippen molar-refractivity contribution in [1.29, 1.82) is 0 Å². The summed E-state index contributed by atoms with van der Waals surface area (Å²) in [4.78, 5) is 25.5. The molecule has 4 rings (SSSR count). The van der Waals surface area contributed by atoms with Crippen LogP contribution in [0.1, 0.15) is 61.6 Å². The first kappa shape index (κ1) is 33.3. The van der Waals surface area contributed by atoms with E-state index in [9.17, 15) is 9.36 Å². The molecule has 0 fully saturated rings. The number of imidazole rings is 1. The van der Waals surface area contributed by atoms with Crippen molar-refractivity contribution in [3.05, 3.63) is 55.1 Å². The third kappa shape index (κ3) is 8.12. The molecule has 238 valence electrons. The minimum atomic E-state index is -4.21. The van der Waals surface area contributed by atoms with Crippen molar-refractivity contribution in [2.45, 2.75) is 79.9 Å². The Hall–Kier alpha value is -3.57. The Labute approximate surface area is 258 Å². The average Bonchev–Trinajstić information content (AvgIpc) is 3.39. The van der Waals surface area contributed by atoms with Gasteiger partial charge >= 0.3 is 13.7 Å². The highest BCUT2D eigenvalue weighted by molar-refractivity contribution is 7.52. The molecule has 0 amide bonds. The monoisotopic (exact) mass is 626 g/mol. The van der Waals surface area contributed by atoms with E-state index in [1.807, 2.05) is 71.9 Å². The zero-order valence-electron chi connectivity index (χ0n) is 26.6. The van der Waals surface area contributed by atoms with Crippen molar-refractivity contribution in [3.8, 4) is 5.75 Å². The molecular weight excluding hydrogens is 583 g/mol. The number of rotatable bonds is 13. The molecule has 0 spiro atoms. The van der Waals surface area contributed by atoms with E-state index in [4.69, 9.17) is 24.3 Å². The Bertz CT molecular complexity index is 1630. The van der Waals surface area contributed by atoms with Gasteiger partial charge in [0.1, 0.15) is 29.9 Å². The fraction of sp³-hybridized carbons (Fsp3) is 0.484. The molecule has 3 N–H and O–H groups in total. The number of anilines is 1. The number of nitrogens with zero attached hydrogens (tertiary/aromatic N) is 4. The second-order valence-electron chi connectivity index (χ2n) is 12.4. The number of ether oxygens (including phenoxy) is 2. The van der Waals surface area contributed by atoms with E-state index in [1.54, 1.807) is 36.9 Å². The standard InChI is InChI=1S/C31H43N6O6P/c1-19(2)27(41-22(5)37-18-35-26-28(32)33-17-34-29(26)37)21(4)42-44(39,36-20(3)30(38)40-16-31(6,7)8)43-25-15-11-13-23-12-9-10-14-24(23)25/h9-15,17-22,27H,16H2,1-8H3,(H,36,39)(H2,32,33,34)/t20?,21?,22?,27-,44?/m0/s1. The van der Waals surface area contributed by atoms with E-state index >= 15 is 0 Å². The zero-order valence-corrected chi connectivity index (χ0v) is 27.4. The first-order chi connectivity index (χ1) is 20.7. The molecule has 2 heterocycles. The Morgan fingerprint density at radius 2 is 1.73 bits per heavy atom. The van der Waals surface area contributed by atoms with Gasteiger partial charge in [0, 0.05) is 5.39 Å². The van der Waals surface area contributed by atoms with Crippen LogP contribution in [0.3, 0.4) is 0 Å². The SMILES string of the molecule is CC(NP(=O)(Oc1cccc2ccccc12)OC(C)[C@@H](OC(C)n1cnc2c(N)ncnc21)C(C)C)C(=O)OCC(C)(C)C. The maximum absolute atomic E-state index is 14.5. The molecule has 0 aliphatic heterocycles. The molecular formula is C31H43N6O6P. The molecule has 0 aliphatic carbocycles. The van der Waals surface area contributed by atoms with Crippen molar-refractivity contribution in [2.24, 2.45) is 11.3 Å². The van der Waals surface area contributed by atoms with Crippen LogP contribution in [0.2, 0.25) is 0 Å². The summed E-state index contributed by atoms with van der Waals surface area (Å²) in [5.41, 5.74) is 6.72. The van der Waals surface area contributed by atoms with Crippen molar-refractivity contribution >= 4 is 41.5 Å². The zero-order chi connectivity index (χ0) is 32.2. The van der Waals surface area contributed by atoms with E-state index in [0.29, 0.717) is 16.9 Å². The molecule has 13 heteroatoms. The fourth-order valence-corrected chi connectivity index (χ4v) is 6.42. The normalized spacial score (nSPS) is 16.4. The van der Waals surface area contributed by atoms with E-state index in [1.165, 1.54) is 6.33 Å². The first-order valence-corrected chi connectivity index (χ1v) is 16.2. The largest absolute Gasteiger partial charge is 0.464 e. The minimum Gasteiger partial charge on any atom is -0.464 e. The highest BCUT2D eigenvalue weighted by Crippen LogP contribution is 2.49. The van der Waals surface area contributed by atoms with Gasteiger partial charge in [-0.25, -0.2) is 19.5 Å². The number of hydrogen-bond acceptors (Lipinski definition) is 10. The minimum absolute atomic E-state index is 0.0675. The third-order valence-corrected chi connectivity index (χ3v) is 8.63. The van der Waals surface area contributed by atoms with Gasteiger partial charge in [0.2, 0.25) is 0 Å². The number of nitrogens with one attached hydrogen (secondary N) is 1. The van der Waals surface area contributed by atoms with Gasteiger partial charge < -0.3 is 19.7 Å². The number of carbonyl (C=O) groups is 1. The average molecular weight is 627 g/mol. The van der Waals surface area contributed by atoms with Crippen LogP contribution in [0.15, 0.2) is 55.1 Å². The number of carbonyl (C=O) groups excluding carboxylic acids is 1. The lowest BCUT2D eigenvalue weighted by Crippen LogP contribution is -2.40. The van der Waals surface area contributed by atoms with Gasteiger partial charge in [0.15, 0.2) is 11.5 Å². The van der Waals surface area contributed by atoms with E-state index in [2.05, 4.69) is 20.0 Å².